The SMILES string of the molecule is CCC1CCCN1c1nc(Cl)ccc1N. The van der Waals surface area contributed by atoms with Gasteiger partial charge in [-0.15, -0.1) is 0 Å². The fourth-order valence-corrected chi connectivity index (χ4v) is 2.35. The van der Waals surface area contributed by atoms with E-state index in [0.717, 1.165) is 24.5 Å². The molecule has 2 rings (SSSR count). The van der Waals surface area contributed by atoms with Crippen LogP contribution in [-0.2, 0) is 0 Å². The molecule has 1 aromatic rings. The molecular formula is C11H16ClN3. The fraction of sp³-hybridized carbons (Fsp3) is 0.545. The minimum atomic E-state index is 0.515. The van der Waals surface area contributed by atoms with Crippen LogP contribution in [0.4, 0.5) is 11.5 Å². The van der Waals surface area contributed by atoms with Crippen molar-refractivity contribution < 1.29 is 0 Å². The second-order valence-corrected chi connectivity index (χ2v) is 4.33. The lowest BCUT2D eigenvalue weighted by molar-refractivity contribution is 0.641. The zero-order valence-electron chi connectivity index (χ0n) is 8.91. The van der Waals surface area contributed by atoms with Gasteiger partial charge in [-0.05, 0) is 31.4 Å². The van der Waals surface area contributed by atoms with Crippen molar-refractivity contribution >= 4 is 23.1 Å². The lowest BCUT2D eigenvalue weighted by atomic mass is 10.2. The van der Waals surface area contributed by atoms with Crippen LogP contribution >= 0.6 is 11.6 Å². The van der Waals surface area contributed by atoms with Gasteiger partial charge in [-0.2, -0.15) is 0 Å². The van der Waals surface area contributed by atoms with Crippen molar-refractivity contribution in [1.82, 2.24) is 4.98 Å². The van der Waals surface area contributed by atoms with Crippen molar-refractivity contribution in [2.75, 3.05) is 17.2 Å². The van der Waals surface area contributed by atoms with E-state index in [4.69, 9.17) is 17.3 Å². The lowest BCUT2D eigenvalue weighted by Gasteiger charge is -2.25. The van der Waals surface area contributed by atoms with E-state index in [-0.39, 0.29) is 0 Å². The number of nitrogen functional groups attached to an aromatic ring is 1. The molecule has 0 radical (unpaired) electrons. The number of halogens is 1. The molecule has 1 aromatic heterocycles. The number of nitrogens with zero attached hydrogens (tertiary/aromatic N) is 2. The van der Waals surface area contributed by atoms with E-state index in [2.05, 4.69) is 16.8 Å². The van der Waals surface area contributed by atoms with Crippen molar-refractivity contribution in [1.29, 1.82) is 0 Å². The summed E-state index contributed by atoms with van der Waals surface area (Å²) in [7, 11) is 0. The molecule has 0 bridgehead atoms. The molecule has 0 amide bonds. The van der Waals surface area contributed by atoms with Crippen molar-refractivity contribution in [3.8, 4) is 0 Å². The van der Waals surface area contributed by atoms with E-state index in [0.29, 0.717) is 11.2 Å². The van der Waals surface area contributed by atoms with Crippen molar-refractivity contribution in [2.45, 2.75) is 32.2 Å². The first-order chi connectivity index (χ1) is 7.22. The molecule has 1 aliphatic rings. The van der Waals surface area contributed by atoms with Gasteiger partial charge in [0.1, 0.15) is 5.15 Å². The highest BCUT2D eigenvalue weighted by Crippen LogP contribution is 2.30. The number of aromatic nitrogens is 1. The van der Waals surface area contributed by atoms with Crippen LogP contribution < -0.4 is 10.6 Å². The van der Waals surface area contributed by atoms with E-state index in [1.807, 2.05) is 6.07 Å². The molecule has 0 aliphatic carbocycles. The number of hydrogen-bond acceptors (Lipinski definition) is 3. The third-order valence-electron chi connectivity index (χ3n) is 2.99. The van der Waals surface area contributed by atoms with E-state index in [1.165, 1.54) is 12.8 Å². The van der Waals surface area contributed by atoms with Crippen LogP contribution in [0.5, 0.6) is 0 Å². The largest absolute Gasteiger partial charge is 0.396 e. The zero-order chi connectivity index (χ0) is 10.8. The normalized spacial score (nSPS) is 20.9. The molecule has 4 heteroatoms. The van der Waals surface area contributed by atoms with E-state index in [9.17, 15) is 0 Å². The molecule has 0 spiro atoms. The van der Waals surface area contributed by atoms with Gasteiger partial charge in [0.25, 0.3) is 0 Å². The molecule has 1 saturated heterocycles. The van der Waals surface area contributed by atoms with Gasteiger partial charge in [-0.25, -0.2) is 4.98 Å². The topological polar surface area (TPSA) is 42.2 Å². The summed E-state index contributed by atoms with van der Waals surface area (Å²) in [5.74, 6) is 0.854. The van der Waals surface area contributed by atoms with Crippen LogP contribution in [-0.4, -0.2) is 17.6 Å². The van der Waals surface area contributed by atoms with E-state index >= 15 is 0 Å². The molecule has 1 atom stereocenters. The van der Waals surface area contributed by atoms with Crippen LogP contribution in [0.25, 0.3) is 0 Å². The Kier molecular flexibility index (Phi) is 3.00. The molecule has 1 fully saturated rings. The quantitative estimate of drug-likeness (QED) is 0.787. The summed E-state index contributed by atoms with van der Waals surface area (Å²) < 4.78 is 0. The fourth-order valence-electron chi connectivity index (χ4n) is 2.21. The van der Waals surface area contributed by atoms with Gasteiger partial charge in [0, 0.05) is 12.6 Å². The summed E-state index contributed by atoms with van der Waals surface area (Å²) in [6.45, 7) is 3.24. The average Bonchev–Trinajstić information content (AvgIpc) is 2.69. The number of nitrogens with two attached hydrogens (primary N) is 1. The van der Waals surface area contributed by atoms with Gasteiger partial charge in [-0.3, -0.25) is 0 Å². The molecule has 0 saturated carbocycles. The highest BCUT2D eigenvalue weighted by atomic mass is 35.5. The van der Waals surface area contributed by atoms with E-state index in [1.54, 1.807) is 6.07 Å². The Morgan fingerprint density at radius 2 is 2.40 bits per heavy atom. The van der Waals surface area contributed by atoms with E-state index < -0.39 is 0 Å². The van der Waals surface area contributed by atoms with Crippen LogP contribution in [0, 0.1) is 0 Å². The predicted octanol–water partition coefficient (Wildman–Crippen LogP) is 2.70. The summed E-state index contributed by atoms with van der Waals surface area (Å²) in [4.78, 5) is 6.60. The summed E-state index contributed by atoms with van der Waals surface area (Å²) in [5, 5.41) is 0.515. The third kappa shape index (κ3) is 2.02. The summed E-state index contributed by atoms with van der Waals surface area (Å²) >= 11 is 5.89. The molecule has 82 valence electrons. The van der Waals surface area contributed by atoms with Crippen molar-refractivity contribution in [3.05, 3.63) is 17.3 Å². The maximum atomic E-state index is 5.92. The molecule has 15 heavy (non-hydrogen) atoms. The summed E-state index contributed by atoms with van der Waals surface area (Å²) in [6.07, 6.45) is 3.57. The number of rotatable bonds is 2. The standard InChI is InChI=1S/C11H16ClN3/c1-2-8-4-3-7-15(8)11-9(13)5-6-10(12)14-11/h5-6,8H,2-4,7,13H2,1H3. The van der Waals surface area contributed by atoms with Gasteiger partial charge in [0.2, 0.25) is 0 Å². The first-order valence-electron chi connectivity index (χ1n) is 5.41. The first-order valence-corrected chi connectivity index (χ1v) is 5.79. The number of pyridine rings is 1. The Labute approximate surface area is 95.2 Å². The average molecular weight is 226 g/mol. The van der Waals surface area contributed by atoms with Gasteiger partial charge in [0.05, 0.1) is 5.69 Å². The van der Waals surface area contributed by atoms with Crippen LogP contribution in [0.1, 0.15) is 26.2 Å². The van der Waals surface area contributed by atoms with Gasteiger partial charge < -0.3 is 10.6 Å². The second kappa shape index (κ2) is 4.27. The van der Waals surface area contributed by atoms with Crippen molar-refractivity contribution in [3.63, 3.8) is 0 Å². The van der Waals surface area contributed by atoms with Gasteiger partial charge in [-0.1, -0.05) is 18.5 Å². The van der Waals surface area contributed by atoms with Crippen LogP contribution in [0.3, 0.4) is 0 Å². The van der Waals surface area contributed by atoms with Gasteiger partial charge >= 0.3 is 0 Å². The smallest absolute Gasteiger partial charge is 0.153 e. The zero-order valence-corrected chi connectivity index (χ0v) is 9.67. The molecular weight excluding hydrogens is 210 g/mol. The predicted molar refractivity (Wildman–Crippen MR) is 64.3 cm³/mol. The Morgan fingerprint density at radius 3 is 3.13 bits per heavy atom. The minimum absolute atomic E-state index is 0.515. The molecule has 2 N–H and O–H groups in total. The molecule has 3 nitrogen and oxygen atoms in total. The van der Waals surface area contributed by atoms with Gasteiger partial charge in [0.15, 0.2) is 5.82 Å². The second-order valence-electron chi connectivity index (χ2n) is 3.94. The number of anilines is 2. The molecule has 1 aliphatic heterocycles. The van der Waals surface area contributed by atoms with Crippen molar-refractivity contribution in [2.24, 2.45) is 0 Å². The van der Waals surface area contributed by atoms with Crippen LogP contribution in [0.2, 0.25) is 5.15 Å². The third-order valence-corrected chi connectivity index (χ3v) is 3.20. The first kappa shape index (κ1) is 10.6. The summed E-state index contributed by atoms with van der Waals surface area (Å²) in [5.41, 5.74) is 6.65. The lowest BCUT2D eigenvalue weighted by Crippen LogP contribution is -2.30. The number of hydrogen-bond donors (Lipinski definition) is 1. The maximum absolute atomic E-state index is 5.92. The minimum Gasteiger partial charge on any atom is -0.396 e. The Bertz CT molecular complexity index is 354. The summed E-state index contributed by atoms with van der Waals surface area (Å²) in [6, 6.07) is 4.13. The Balaban J connectivity index is 2.31. The highest BCUT2D eigenvalue weighted by molar-refractivity contribution is 6.29. The Hall–Kier alpha value is -0.960. The Morgan fingerprint density at radius 1 is 1.60 bits per heavy atom. The molecule has 0 aromatic carbocycles. The monoisotopic (exact) mass is 225 g/mol. The van der Waals surface area contributed by atoms with Crippen LogP contribution in [0.15, 0.2) is 12.1 Å². The maximum Gasteiger partial charge on any atom is 0.153 e. The molecule has 1 unspecified atom stereocenters. The highest BCUT2D eigenvalue weighted by Gasteiger charge is 2.25. The molecule has 2 heterocycles.